The van der Waals surface area contributed by atoms with Crippen LogP contribution in [0.3, 0.4) is 0 Å². The molecular formula is C10H18N2O2. The van der Waals surface area contributed by atoms with Crippen molar-refractivity contribution in [1.82, 2.24) is 4.90 Å². The summed E-state index contributed by atoms with van der Waals surface area (Å²) in [6, 6.07) is 0. The Morgan fingerprint density at radius 1 is 1.43 bits per heavy atom. The highest BCUT2D eigenvalue weighted by atomic mass is 16.6. The first-order chi connectivity index (χ1) is 6.74. The van der Waals surface area contributed by atoms with E-state index in [9.17, 15) is 0 Å². The van der Waals surface area contributed by atoms with Gasteiger partial charge in [0.1, 0.15) is 7.11 Å². The summed E-state index contributed by atoms with van der Waals surface area (Å²) < 4.78 is 5.86. The molecule has 0 unspecified atom stereocenters. The number of rotatable bonds is 1. The predicted octanol–water partition coefficient (Wildman–Crippen LogP) is 0.873. The Morgan fingerprint density at radius 2 is 2.14 bits per heavy atom. The van der Waals surface area contributed by atoms with Gasteiger partial charge in [-0.05, 0) is 19.9 Å². The fourth-order valence-electron chi connectivity index (χ4n) is 2.25. The van der Waals surface area contributed by atoms with Gasteiger partial charge in [-0.1, -0.05) is 5.16 Å². The van der Waals surface area contributed by atoms with Crippen LogP contribution in [0.5, 0.6) is 0 Å². The van der Waals surface area contributed by atoms with Gasteiger partial charge < -0.3 is 14.5 Å². The lowest BCUT2D eigenvalue weighted by Gasteiger charge is -2.36. The van der Waals surface area contributed by atoms with E-state index < -0.39 is 0 Å². The van der Waals surface area contributed by atoms with Crippen LogP contribution in [0, 0.1) is 0 Å². The van der Waals surface area contributed by atoms with E-state index in [1.54, 1.807) is 7.11 Å². The Hall–Kier alpha value is -0.610. The van der Waals surface area contributed by atoms with Crippen LogP contribution in [0.4, 0.5) is 0 Å². The molecule has 0 N–H and O–H groups in total. The lowest BCUT2D eigenvalue weighted by Crippen LogP contribution is -2.42. The summed E-state index contributed by atoms with van der Waals surface area (Å²) in [5.41, 5.74) is 1.13. The first-order valence-electron chi connectivity index (χ1n) is 5.15. The van der Waals surface area contributed by atoms with Crippen molar-refractivity contribution in [1.29, 1.82) is 0 Å². The highest BCUT2D eigenvalue weighted by Crippen LogP contribution is 2.34. The highest BCUT2D eigenvalue weighted by Gasteiger charge is 2.40. The molecule has 1 spiro atoms. The largest absolute Gasteiger partial charge is 0.399 e. The number of nitrogens with zero attached hydrogens (tertiary/aromatic N) is 2. The molecule has 0 bridgehead atoms. The van der Waals surface area contributed by atoms with E-state index in [0.717, 1.165) is 38.1 Å². The Labute approximate surface area is 84.8 Å². The zero-order valence-corrected chi connectivity index (χ0v) is 8.95. The van der Waals surface area contributed by atoms with Gasteiger partial charge in [0.15, 0.2) is 0 Å². The van der Waals surface area contributed by atoms with Crippen molar-refractivity contribution in [2.75, 3.05) is 33.9 Å². The summed E-state index contributed by atoms with van der Waals surface area (Å²) in [6.07, 6.45) is 3.19. The molecular weight excluding hydrogens is 180 g/mol. The van der Waals surface area contributed by atoms with Crippen molar-refractivity contribution in [3.63, 3.8) is 0 Å². The van der Waals surface area contributed by atoms with Crippen molar-refractivity contribution >= 4 is 5.71 Å². The molecule has 2 rings (SSSR count). The lowest BCUT2D eigenvalue weighted by molar-refractivity contribution is -0.0386. The van der Waals surface area contributed by atoms with Crippen LogP contribution in [-0.2, 0) is 9.57 Å². The van der Waals surface area contributed by atoms with Crippen LogP contribution in [0.1, 0.15) is 19.3 Å². The van der Waals surface area contributed by atoms with E-state index in [4.69, 9.17) is 9.57 Å². The summed E-state index contributed by atoms with van der Waals surface area (Å²) in [6.45, 7) is 2.90. The van der Waals surface area contributed by atoms with E-state index in [0.29, 0.717) is 6.61 Å². The van der Waals surface area contributed by atoms with Gasteiger partial charge in [-0.15, -0.1) is 0 Å². The van der Waals surface area contributed by atoms with Gasteiger partial charge in [0.25, 0.3) is 0 Å². The number of piperidine rings is 1. The van der Waals surface area contributed by atoms with Gasteiger partial charge in [-0.25, -0.2) is 0 Å². The molecule has 2 aliphatic heterocycles. The summed E-state index contributed by atoms with van der Waals surface area (Å²) >= 11 is 0. The topological polar surface area (TPSA) is 34.1 Å². The minimum absolute atomic E-state index is 0.0733. The maximum absolute atomic E-state index is 5.86. The summed E-state index contributed by atoms with van der Waals surface area (Å²) in [5, 5.41) is 3.97. The number of oxime groups is 1. The molecule has 80 valence electrons. The zero-order chi connectivity index (χ0) is 10.0. The minimum atomic E-state index is 0.0733. The molecule has 2 fully saturated rings. The third kappa shape index (κ3) is 1.91. The molecule has 0 aromatic carbocycles. The summed E-state index contributed by atoms with van der Waals surface area (Å²) in [7, 11) is 3.75. The number of hydrogen-bond acceptors (Lipinski definition) is 4. The fourth-order valence-corrected chi connectivity index (χ4v) is 2.25. The minimum Gasteiger partial charge on any atom is -0.399 e. The monoisotopic (exact) mass is 198 g/mol. The van der Waals surface area contributed by atoms with Gasteiger partial charge in [0, 0.05) is 19.5 Å². The Morgan fingerprint density at radius 3 is 2.79 bits per heavy atom. The van der Waals surface area contributed by atoms with Gasteiger partial charge in [-0.2, -0.15) is 0 Å². The molecule has 0 radical (unpaired) electrons. The van der Waals surface area contributed by atoms with E-state index in [1.807, 2.05) is 0 Å². The molecule has 2 aliphatic rings. The predicted molar refractivity (Wildman–Crippen MR) is 54.5 cm³/mol. The summed E-state index contributed by atoms with van der Waals surface area (Å²) in [5.74, 6) is 0. The van der Waals surface area contributed by atoms with Crippen LogP contribution < -0.4 is 0 Å². The van der Waals surface area contributed by atoms with E-state index in [-0.39, 0.29) is 5.60 Å². The molecule has 4 nitrogen and oxygen atoms in total. The van der Waals surface area contributed by atoms with Crippen molar-refractivity contribution in [3.05, 3.63) is 0 Å². The molecule has 0 aromatic rings. The second-order valence-electron chi connectivity index (χ2n) is 4.29. The molecule has 0 atom stereocenters. The van der Waals surface area contributed by atoms with E-state index in [2.05, 4.69) is 17.1 Å². The molecule has 2 heterocycles. The Bertz CT molecular complexity index is 232. The number of hydrogen-bond donors (Lipinski definition) is 0. The highest BCUT2D eigenvalue weighted by molar-refractivity contribution is 5.87. The van der Waals surface area contributed by atoms with Gasteiger partial charge in [-0.3, -0.25) is 0 Å². The number of ether oxygens (including phenoxy) is 1. The van der Waals surface area contributed by atoms with E-state index in [1.165, 1.54) is 0 Å². The van der Waals surface area contributed by atoms with E-state index >= 15 is 0 Å². The zero-order valence-electron chi connectivity index (χ0n) is 8.95. The lowest BCUT2D eigenvalue weighted by atomic mass is 9.88. The Kier molecular flexibility index (Phi) is 2.74. The molecule has 14 heavy (non-hydrogen) atoms. The van der Waals surface area contributed by atoms with Crippen LogP contribution in [-0.4, -0.2) is 50.1 Å². The van der Waals surface area contributed by atoms with Crippen molar-refractivity contribution in [3.8, 4) is 0 Å². The van der Waals surface area contributed by atoms with Gasteiger partial charge in [0.05, 0.1) is 17.9 Å². The average Bonchev–Trinajstić information content (AvgIpc) is 2.56. The average molecular weight is 198 g/mol. The molecule has 4 heteroatoms. The number of likely N-dealkylation sites (tertiary alicyclic amines) is 1. The standard InChI is InChI=1S/C10H18N2O2/c1-12-5-3-10(4-6-12)7-9(8-14-10)11-13-2/h3-8H2,1-2H3. The first-order valence-corrected chi connectivity index (χ1v) is 5.15. The second-order valence-corrected chi connectivity index (χ2v) is 4.29. The van der Waals surface area contributed by atoms with Crippen molar-refractivity contribution in [2.45, 2.75) is 24.9 Å². The third-order valence-corrected chi connectivity index (χ3v) is 3.19. The Balaban J connectivity index is 1.96. The SMILES string of the molecule is CON=C1COC2(CCN(C)CC2)C1. The first kappa shape index (κ1) is 9.93. The normalized spacial score (nSPS) is 30.0. The molecule has 2 saturated heterocycles. The van der Waals surface area contributed by atoms with Gasteiger partial charge in [0.2, 0.25) is 0 Å². The van der Waals surface area contributed by atoms with Crippen LogP contribution in [0.15, 0.2) is 5.16 Å². The molecule has 0 aromatic heterocycles. The second kappa shape index (κ2) is 3.87. The van der Waals surface area contributed by atoms with Crippen LogP contribution in [0.25, 0.3) is 0 Å². The third-order valence-electron chi connectivity index (χ3n) is 3.19. The van der Waals surface area contributed by atoms with Crippen molar-refractivity contribution < 1.29 is 9.57 Å². The smallest absolute Gasteiger partial charge is 0.106 e. The fraction of sp³-hybridized carbons (Fsp3) is 0.900. The van der Waals surface area contributed by atoms with Crippen LogP contribution in [0.2, 0.25) is 0 Å². The van der Waals surface area contributed by atoms with Crippen LogP contribution >= 0.6 is 0 Å². The summed E-state index contributed by atoms with van der Waals surface area (Å²) in [4.78, 5) is 7.13. The molecule has 0 aliphatic carbocycles. The molecule has 0 amide bonds. The maximum Gasteiger partial charge on any atom is 0.106 e. The quantitative estimate of drug-likeness (QED) is 0.586. The van der Waals surface area contributed by atoms with Gasteiger partial charge >= 0.3 is 0 Å². The molecule has 0 saturated carbocycles. The maximum atomic E-state index is 5.86. The van der Waals surface area contributed by atoms with Crippen molar-refractivity contribution in [2.24, 2.45) is 5.16 Å².